The van der Waals surface area contributed by atoms with Crippen molar-refractivity contribution in [3.63, 3.8) is 0 Å². The number of carboxylic acids is 1. The molecule has 3 aliphatic rings. The summed E-state index contributed by atoms with van der Waals surface area (Å²) in [6.45, 7) is 8.79. The van der Waals surface area contributed by atoms with Gasteiger partial charge in [-0.2, -0.15) is 0 Å². The van der Waals surface area contributed by atoms with Gasteiger partial charge in [0.1, 0.15) is 0 Å². The molecule has 5 atom stereocenters. The van der Waals surface area contributed by atoms with Gasteiger partial charge < -0.3 is 5.11 Å². The largest absolute Gasteiger partial charge is 0.481 e. The predicted octanol–water partition coefficient (Wildman–Crippen LogP) is 3.42. The fourth-order valence-corrected chi connectivity index (χ4v) is 4.42. The molecule has 2 bridgehead atoms. The van der Waals surface area contributed by atoms with E-state index < -0.39 is 11.4 Å². The summed E-state index contributed by atoms with van der Waals surface area (Å²) in [5.41, 5.74) is -0.451. The van der Waals surface area contributed by atoms with E-state index in [-0.39, 0.29) is 0 Å². The number of rotatable bonds is 2. The van der Waals surface area contributed by atoms with Gasteiger partial charge in [0.05, 0.1) is 5.41 Å². The van der Waals surface area contributed by atoms with Gasteiger partial charge in [-0.3, -0.25) is 4.79 Å². The van der Waals surface area contributed by atoms with Crippen LogP contribution >= 0.6 is 0 Å². The SMILES string of the molecule is CC(C)[C@@H]1C[C@@H]2[C@H](C)C[C@H]1C[C@@]2(C)C(=O)O. The summed E-state index contributed by atoms with van der Waals surface area (Å²) in [5.74, 6) is 2.52. The van der Waals surface area contributed by atoms with Crippen molar-refractivity contribution < 1.29 is 9.90 Å². The Balaban J connectivity index is 2.26. The van der Waals surface area contributed by atoms with Crippen LogP contribution < -0.4 is 0 Å². The molecule has 2 heteroatoms. The average Bonchev–Trinajstić information content (AvgIpc) is 2.16. The second-order valence-electron chi connectivity index (χ2n) is 6.65. The molecule has 0 aromatic rings. The maximum atomic E-state index is 11.5. The van der Waals surface area contributed by atoms with Crippen molar-refractivity contribution in [1.29, 1.82) is 0 Å². The highest BCUT2D eigenvalue weighted by atomic mass is 16.4. The molecule has 3 fully saturated rings. The lowest BCUT2D eigenvalue weighted by Crippen LogP contribution is -2.52. The standard InChI is InChI=1S/C14H24O2/c1-8(2)11-6-12-9(3)5-10(11)7-14(12,4)13(15)16/h8-12H,5-7H2,1-4H3,(H,15,16)/t9-,10+,11+,12-,14-/m1/s1. The van der Waals surface area contributed by atoms with Crippen LogP contribution in [0.5, 0.6) is 0 Å². The molecule has 0 aliphatic heterocycles. The topological polar surface area (TPSA) is 37.3 Å². The molecule has 0 spiro atoms. The van der Waals surface area contributed by atoms with E-state index in [9.17, 15) is 9.90 Å². The Morgan fingerprint density at radius 1 is 1.38 bits per heavy atom. The fraction of sp³-hybridized carbons (Fsp3) is 0.929. The van der Waals surface area contributed by atoms with Crippen LogP contribution in [0.3, 0.4) is 0 Å². The lowest BCUT2D eigenvalue weighted by molar-refractivity contribution is -0.167. The normalized spacial score (nSPS) is 47.3. The zero-order valence-electron chi connectivity index (χ0n) is 10.9. The Morgan fingerprint density at radius 2 is 2.00 bits per heavy atom. The molecule has 0 heterocycles. The molecular weight excluding hydrogens is 200 g/mol. The summed E-state index contributed by atoms with van der Waals surface area (Å²) in [7, 11) is 0. The van der Waals surface area contributed by atoms with Gasteiger partial charge in [-0.05, 0) is 55.8 Å². The molecule has 3 aliphatic carbocycles. The maximum absolute atomic E-state index is 11.5. The van der Waals surface area contributed by atoms with E-state index in [1.165, 1.54) is 6.42 Å². The minimum Gasteiger partial charge on any atom is -0.481 e. The van der Waals surface area contributed by atoms with E-state index in [0.29, 0.717) is 23.7 Å². The van der Waals surface area contributed by atoms with Crippen LogP contribution in [0.4, 0.5) is 0 Å². The second-order valence-corrected chi connectivity index (χ2v) is 6.65. The molecule has 0 radical (unpaired) electrons. The molecule has 92 valence electrons. The van der Waals surface area contributed by atoms with Crippen molar-refractivity contribution in [2.24, 2.45) is 35.0 Å². The van der Waals surface area contributed by atoms with Crippen LogP contribution in [-0.2, 0) is 4.79 Å². The summed E-state index contributed by atoms with van der Waals surface area (Å²) in [6.07, 6.45) is 3.28. The molecule has 16 heavy (non-hydrogen) atoms. The predicted molar refractivity (Wildman–Crippen MR) is 64.1 cm³/mol. The van der Waals surface area contributed by atoms with E-state index in [2.05, 4.69) is 20.8 Å². The number of hydrogen-bond acceptors (Lipinski definition) is 1. The minimum atomic E-state index is -0.573. The molecule has 0 aromatic carbocycles. The third-order valence-electron chi connectivity index (χ3n) is 5.34. The van der Waals surface area contributed by atoms with Gasteiger partial charge in [0, 0.05) is 0 Å². The lowest BCUT2D eigenvalue weighted by Gasteiger charge is -2.55. The Morgan fingerprint density at radius 3 is 2.44 bits per heavy atom. The highest BCUT2D eigenvalue weighted by molar-refractivity contribution is 5.75. The van der Waals surface area contributed by atoms with Crippen LogP contribution in [0, 0.1) is 35.0 Å². The van der Waals surface area contributed by atoms with Gasteiger partial charge in [0.25, 0.3) is 0 Å². The van der Waals surface area contributed by atoms with Crippen LogP contribution in [0.2, 0.25) is 0 Å². The molecular formula is C14H24O2. The monoisotopic (exact) mass is 224 g/mol. The number of carboxylic acid groups (broad SMARTS) is 1. The van der Waals surface area contributed by atoms with E-state index in [4.69, 9.17) is 0 Å². The third-order valence-corrected chi connectivity index (χ3v) is 5.34. The summed E-state index contributed by atoms with van der Waals surface area (Å²) in [4.78, 5) is 11.5. The van der Waals surface area contributed by atoms with Gasteiger partial charge in [-0.1, -0.05) is 20.8 Å². The van der Waals surface area contributed by atoms with Crippen molar-refractivity contribution in [3.05, 3.63) is 0 Å². The van der Waals surface area contributed by atoms with Crippen molar-refractivity contribution in [2.45, 2.75) is 47.0 Å². The van der Waals surface area contributed by atoms with Crippen molar-refractivity contribution in [3.8, 4) is 0 Å². The third kappa shape index (κ3) is 1.57. The maximum Gasteiger partial charge on any atom is 0.309 e. The summed E-state index contributed by atoms with van der Waals surface area (Å²) in [5, 5.41) is 9.46. The van der Waals surface area contributed by atoms with Crippen molar-refractivity contribution in [2.75, 3.05) is 0 Å². The molecule has 0 saturated heterocycles. The fourth-order valence-electron chi connectivity index (χ4n) is 4.42. The number of carbonyl (C=O) groups is 1. The molecule has 0 unspecified atom stereocenters. The van der Waals surface area contributed by atoms with Crippen LogP contribution in [0.1, 0.15) is 47.0 Å². The zero-order chi connectivity index (χ0) is 12.1. The van der Waals surface area contributed by atoms with Gasteiger partial charge in [0.15, 0.2) is 0 Å². The first-order chi connectivity index (χ1) is 7.36. The first kappa shape index (κ1) is 11.9. The average molecular weight is 224 g/mol. The molecule has 2 nitrogen and oxygen atoms in total. The van der Waals surface area contributed by atoms with E-state index in [1.807, 2.05) is 6.92 Å². The van der Waals surface area contributed by atoms with E-state index in [1.54, 1.807) is 0 Å². The molecule has 3 saturated carbocycles. The summed E-state index contributed by atoms with van der Waals surface area (Å²) in [6, 6.07) is 0. The van der Waals surface area contributed by atoms with Gasteiger partial charge in [0.2, 0.25) is 0 Å². The van der Waals surface area contributed by atoms with Crippen molar-refractivity contribution >= 4 is 5.97 Å². The van der Waals surface area contributed by atoms with Gasteiger partial charge in [-0.15, -0.1) is 0 Å². The molecule has 1 N–H and O–H groups in total. The number of aliphatic carboxylic acids is 1. The quantitative estimate of drug-likeness (QED) is 0.780. The zero-order valence-corrected chi connectivity index (χ0v) is 10.9. The molecule has 3 rings (SSSR count). The summed E-state index contributed by atoms with van der Waals surface area (Å²) >= 11 is 0. The van der Waals surface area contributed by atoms with Crippen LogP contribution in [0.25, 0.3) is 0 Å². The smallest absolute Gasteiger partial charge is 0.309 e. The number of fused-ring (bicyclic) bond motifs is 3. The van der Waals surface area contributed by atoms with E-state index >= 15 is 0 Å². The highest BCUT2D eigenvalue weighted by Gasteiger charge is 2.55. The lowest BCUT2D eigenvalue weighted by atomic mass is 9.48. The van der Waals surface area contributed by atoms with E-state index in [0.717, 1.165) is 18.8 Å². The Bertz CT molecular complexity index is 297. The van der Waals surface area contributed by atoms with Crippen molar-refractivity contribution in [1.82, 2.24) is 0 Å². The van der Waals surface area contributed by atoms with Crippen LogP contribution in [0.15, 0.2) is 0 Å². The highest BCUT2D eigenvalue weighted by Crippen LogP contribution is 2.58. The molecule has 0 amide bonds. The van der Waals surface area contributed by atoms with Gasteiger partial charge in [-0.25, -0.2) is 0 Å². The first-order valence-electron chi connectivity index (χ1n) is 6.59. The first-order valence-corrected chi connectivity index (χ1v) is 6.59. The summed E-state index contributed by atoms with van der Waals surface area (Å²) < 4.78 is 0. The Labute approximate surface area is 98.4 Å². The minimum absolute atomic E-state index is 0.391. The van der Waals surface area contributed by atoms with Gasteiger partial charge >= 0.3 is 5.97 Å². The Kier molecular flexibility index (Phi) is 2.80. The molecule has 0 aromatic heterocycles. The number of hydrogen-bond donors (Lipinski definition) is 1. The second kappa shape index (κ2) is 3.75. The Hall–Kier alpha value is -0.530. The van der Waals surface area contributed by atoms with Crippen LogP contribution in [-0.4, -0.2) is 11.1 Å².